The summed E-state index contributed by atoms with van der Waals surface area (Å²) in [5, 5.41) is 9.17. The number of aromatic nitrogens is 3. The number of rotatable bonds is 6. The summed E-state index contributed by atoms with van der Waals surface area (Å²) < 4.78 is 6.58. The van der Waals surface area contributed by atoms with Crippen LogP contribution in [-0.4, -0.2) is 32.7 Å². The number of carboxylic acids is 1. The third-order valence-corrected chi connectivity index (χ3v) is 3.12. The topological polar surface area (TPSA) is 77.2 Å². The summed E-state index contributed by atoms with van der Waals surface area (Å²) in [6.45, 7) is 5.48. The molecule has 1 N–H and O–H groups in total. The van der Waals surface area contributed by atoms with Gasteiger partial charge in [-0.1, -0.05) is 24.8 Å². The van der Waals surface area contributed by atoms with E-state index in [1.54, 1.807) is 44.5 Å². The van der Waals surface area contributed by atoms with Crippen molar-refractivity contribution in [3.8, 4) is 5.88 Å². The zero-order chi connectivity index (χ0) is 16.8. The predicted octanol–water partition coefficient (Wildman–Crippen LogP) is 3.03. The monoisotopic (exact) mass is 311 g/mol. The second-order valence-corrected chi connectivity index (χ2v) is 4.64. The molecule has 0 aromatic carbocycles. The fourth-order valence-electron chi connectivity index (χ4n) is 1.91. The van der Waals surface area contributed by atoms with Gasteiger partial charge < -0.3 is 9.84 Å². The number of carboxylic acid groups (broad SMARTS) is 1. The van der Waals surface area contributed by atoms with E-state index in [-0.39, 0.29) is 5.69 Å². The largest absolute Gasteiger partial charge is 0.481 e. The fourth-order valence-corrected chi connectivity index (χ4v) is 1.91. The molecule has 0 radical (unpaired) electrons. The van der Waals surface area contributed by atoms with Crippen molar-refractivity contribution in [2.45, 2.75) is 6.92 Å². The molecule has 6 heteroatoms. The van der Waals surface area contributed by atoms with Crippen molar-refractivity contribution < 1.29 is 14.6 Å². The van der Waals surface area contributed by atoms with Crippen molar-refractivity contribution in [1.29, 1.82) is 0 Å². The highest BCUT2D eigenvalue weighted by molar-refractivity contribution is 5.86. The van der Waals surface area contributed by atoms with E-state index < -0.39 is 5.97 Å². The number of hydrogen-bond donors (Lipinski definition) is 1. The van der Waals surface area contributed by atoms with Gasteiger partial charge in [-0.25, -0.2) is 14.8 Å². The minimum atomic E-state index is -1.04. The van der Waals surface area contributed by atoms with Crippen LogP contribution in [0, 0.1) is 6.92 Å². The van der Waals surface area contributed by atoms with E-state index in [4.69, 9.17) is 4.74 Å². The highest BCUT2D eigenvalue weighted by Crippen LogP contribution is 2.12. The maximum atomic E-state index is 11.2. The van der Waals surface area contributed by atoms with Crippen LogP contribution >= 0.6 is 0 Å². The summed E-state index contributed by atoms with van der Waals surface area (Å²) in [6.07, 6.45) is 8.20. The van der Waals surface area contributed by atoms with Crippen LogP contribution in [0.2, 0.25) is 0 Å². The number of carbonyl (C=O) groups is 1. The molecule has 2 aromatic heterocycles. The number of nitrogens with zero attached hydrogens (tertiary/aromatic N) is 3. The lowest BCUT2D eigenvalue weighted by Gasteiger charge is -2.03. The number of ether oxygens (including phenoxy) is 1. The molecule has 0 amide bonds. The summed E-state index contributed by atoms with van der Waals surface area (Å²) in [4.78, 5) is 19.5. The Morgan fingerprint density at radius 3 is 2.87 bits per heavy atom. The van der Waals surface area contributed by atoms with E-state index in [9.17, 15) is 9.90 Å². The normalized spacial score (nSPS) is 11.7. The standard InChI is InChI=1S/C17H17N3O3/c1-4-13(8-9-14-6-5-7-16(19-14)23-3)11-20-12(2)18-10-15(20)17(21)22/h4-11H,1H2,2-3H3,(H,21,22)/b9-8-,13-11+. The number of aromatic carboxylic acids is 1. The Labute approximate surface area is 134 Å². The summed E-state index contributed by atoms with van der Waals surface area (Å²) in [7, 11) is 1.56. The van der Waals surface area contributed by atoms with E-state index in [1.807, 2.05) is 12.1 Å². The van der Waals surface area contributed by atoms with E-state index in [0.717, 1.165) is 11.3 Å². The van der Waals surface area contributed by atoms with Gasteiger partial charge in [-0.3, -0.25) is 4.57 Å². The Morgan fingerprint density at radius 1 is 1.43 bits per heavy atom. The lowest BCUT2D eigenvalue weighted by Crippen LogP contribution is -2.04. The van der Waals surface area contributed by atoms with Crippen molar-refractivity contribution in [1.82, 2.24) is 14.5 Å². The van der Waals surface area contributed by atoms with Gasteiger partial charge in [-0.05, 0) is 24.6 Å². The molecule has 0 aliphatic heterocycles. The van der Waals surface area contributed by atoms with Crippen LogP contribution < -0.4 is 4.74 Å². The number of imidazole rings is 1. The van der Waals surface area contributed by atoms with Crippen LogP contribution in [0.1, 0.15) is 22.0 Å². The number of hydrogen-bond acceptors (Lipinski definition) is 4. The van der Waals surface area contributed by atoms with Gasteiger partial charge in [0.15, 0.2) is 5.69 Å². The smallest absolute Gasteiger partial charge is 0.354 e. The molecule has 0 saturated heterocycles. The fraction of sp³-hybridized carbons (Fsp3) is 0.118. The highest BCUT2D eigenvalue weighted by Gasteiger charge is 2.11. The number of allylic oxidation sites excluding steroid dienone is 3. The van der Waals surface area contributed by atoms with E-state index >= 15 is 0 Å². The Balaban J connectivity index is 2.33. The van der Waals surface area contributed by atoms with Crippen molar-refractivity contribution in [3.05, 3.63) is 65.9 Å². The summed E-state index contributed by atoms with van der Waals surface area (Å²) in [6, 6.07) is 5.44. The zero-order valence-corrected chi connectivity index (χ0v) is 12.9. The second-order valence-electron chi connectivity index (χ2n) is 4.64. The Kier molecular flexibility index (Phi) is 5.09. The van der Waals surface area contributed by atoms with Crippen molar-refractivity contribution >= 4 is 18.2 Å². The maximum absolute atomic E-state index is 11.2. The lowest BCUT2D eigenvalue weighted by atomic mass is 10.2. The van der Waals surface area contributed by atoms with Gasteiger partial charge in [0.25, 0.3) is 0 Å². The first-order valence-corrected chi connectivity index (χ1v) is 6.85. The quantitative estimate of drug-likeness (QED) is 0.830. The van der Waals surface area contributed by atoms with Gasteiger partial charge in [0, 0.05) is 12.3 Å². The van der Waals surface area contributed by atoms with Gasteiger partial charge in [0.2, 0.25) is 5.88 Å². The molecule has 0 bridgehead atoms. The molecule has 2 heterocycles. The molecular weight excluding hydrogens is 294 g/mol. The van der Waals surface area contributed by atoms with E-state index in [2.05, 4.69) is 16.5 Å². The highest BCUT2D eigenvalue weighted by atomic mass is 16.5. The van der Waals surface area contributed by atoms with Gasteiger partial charge >= 0.3 is 5.97 Å². The Hall–Kier alpha value is -3.15. The first-order valence-electron chi connectivity index (χ1n) is 6.85. The number of aryl methyl sites for hydroxylation is 1. The van der Waals surface area contributed by atoms with Crippen LogP contribution in [0.3, 0.4) is 0 Å². The average Bonchev–Trinajstić information content (AvgIpc) is 2.92. The molecule has 0 fully saturated rings. The first kappa shape index (κ1) is 16.2. The molecule has 6 nitrogen and oxygen atoms in total. The van der Waals surface area contributed by atoms with Crippen molar-refractivity contribution in [2.75, 3.05) is 7.11 Å². The SMILES string of the molecule is C=CC(/C=C\c1cccc(OC)n1)=C\n1c(C(=O)O)cnc1C. The van der Waals surface area contributed by atoms with Crippen LogP contribution in [0.25, 0.3) is 12.3 Å². The molecule has 0 aliphatic rings. The van der Waals surface area contributed by atoms with Crippen LogP contribution in [0.15, 0.2) is 48.7 Å². The molecule has 2 rings (SSSR count). The van der Waals surface area contributed by atoms with Gasteiger partial charge in [0.05, 0.1) is 19.0 Å². The van der Waals surface area contributed by atoms with Gasteiger partial charge in [0.1, 0.15) is 5.82 Å². The van der Waals surface area contributed by atoms with Crippen molar-refractivity contribution in [3.63, 3.8) is 0 Å². The molecule has 0 atom stereocenters. The summed E-state index contributed by atoms with van der Waals surface area (Å²) in [5.41, 5.74) is 1.53. The van der Waals surface area contributed by atoms with Crippen LogP contribution in [-0.2, 0) is 0 Å². The van der Waals surface area contributed by atoms with Gasteiger partial charge in [-0.2, -0.15) is 0 Å². The number of pyridine rings is 1. The van der Waals surface area contributed by atoms with Crippen LogP contribution in [0.4, 0.5) is 0 Å². The maximum Gasteiger partial charge on any atom is 0.354 e. The third-order valence-electron chi connectivity index (χ3n) is 3.12. The molecule has 0 unspecified atom stereocenters. The second kappa shape index (κ2) is 7.22. The molecule has 0 spiro atoms. The van der Waals surface area contributed by atoms with Gasteiger partial charge in [-0.15, -0.1) is 0 Å². The molecule has 23 heavy (non-hydrogen) atoms. The molecule has 0 aliphatic carbocycles. The van der Waals surface area contributed by atoms with E-state index in [1.165, 1.54) is 10.8 Å². The minimum absolute atomic E-state index is 0.0924. The van der Waals surface area contributed by atoms with E-state index in [0.29, 0.717) is 11.7 Å². The molecular formula is C17H17N3O3. The first-order chi connectivity index (χ1) is 11.0. The lowest BCUT2D eigenvalue weighted by molar-refractivity contribution is 0.0688. The summed E-state index contributed by atoms with van der Waals surface area (Å²) in [5.74, 6) is 0.0632. The Bertz CT molecular complexity index is 788. The molecule has 118 valence electrons. The van der Waals surface area contributed by atoms with Crippen molar-refractivity contribution in [2.24, 2.45) is 0 Å². The third kappa shape index (κ3) is 3.94. The molecule has 0 saturated carbocycles. The Morgan fingerprint density at radius 2 is 2.22 bits per heavy atom. The predicted molar refractivity (Wildman–Crippen MR) is 88.2 cm³/mol. The number of methoxy groups -OCH3 is 1. The summed E-state index contributed by atoms with van der Waals surface area (Å²) >= 11 is 0. The van der Waals surface area contributed by atoms with Crippen LogP contribution in [0.5, 0.6) is 5.88 Å². The zero-order valence-electron chi connectivity index (χ0n) is 12.9. The molecule has 2 aromatic rings. The average molecular weight is 311 g/mol. The minimum Gasteiger partial charge on any atom is -0.481 e.